The van der Waals surface area contributed by atoms with Crippen molar-refractivity contribution in [1.29, 1.82) is 0 Å². The Bertz CT molecular complexity index is 747. The number of likely N-dealkylation sites (tertiary alicyclic amines) is 1. The average molecular weight is 359 g/mol. The minimum absolute atomic E-state index is 0.216. The average Bonchev–Trinajstić information content (AvgIpc) is 3.25. The van der Waals surface area contributed by atoms with Crippen molar-refractivity contribution in [1.82, 2.24) is 15.1 Å². The van der Waals surface area contributed by atoms with Crippen molar-refractivity contribution in [3.8, 4) is 0 Å². The van der Waals surface area contributed by atoms with Gasteiger partial charge in [0.1, 0.15) is 11.0 Å². The summed E-state index contributed by atoms with van der Waals surface area (Å²) in [6, 6.07) is 8.47. The number of nitrogens with zero attached hydrogens (tertiary/aromatic N) is 3. The molecule has 132 valence electrons. The summed E-state index contributed by atoms with van der Waals surface area (Å²) in [6.45, 7) is 4.61. The minimum Gasteiger partial charge on any atom is -0.312 e. The maximum atomic E-state index is 12.6. The van der Waals surface area contributed by atoms with Crippen LogP contribution in [0.5, 0.6) is 0 Å². The van der Waals surface area contributed by atoms with E-state index >= 15 is 0 Å². The summed E-state index contributed by atoms with van der Waals surface area (Å²) in [7, 11) is 0. The number of carbonyl (C=O) groups excluding carboxylic acids is 2. The van der Waals surface area contributed by atoms with Crippen molar-refractivity contribution in [2.24, 2.45) is 0 Å². The van der Waals surface area contributed by atoms with Gasteiger partial charge >= 0.3 is 6.03 Å². The van der Waals surface area contributed by atoms with Gasteiger partial charge in [-0.1, -0.05) is 43.4 Å². The Balaban J connectivity index is 1.63. The monoisotopic (exact) mass is 359 g/mol. The van der Waals surface area contributed by atoms with Gasteiger partial charge in [-0.3, -0.25) is 10.1 Å². The molecule has 0 saturated carbocycles. The van der Waals surface area contributed by atoms with Gasteiger partial charge in [0.25, 0.3) is 0 Å². The number of aromatic nitrogens is 2. The predicted octanol–water partition coefficient (Wildman–Crippen LogP) is 3.30. The van der Waals surface area contributed by atoms with Gasteiger partial charge in [0.2, 0.25) is 11.0 Å². The van der Waals surface area contributed by atoms with Crippen molar-refractivity contribution in [2.75, 3.05) is 17.2 Å². The van der Waals surface area contributed by atoms with Crippen LogP contribution in [-0.4, -0.2) is 39.6 Å². The molecule has 3 rings (SSSR count). The molecule has 0 spiro atoms. The van der Waals surface area contributed by atoms with Crippen LogP contribution in [-0.2, 0) is 4.79 Å². The van der Waals surface area contributed by atoms with Crippen molar-refractivity contribution < 1.29 is 9.59 Å². The van der Waals surface area contributed by atoms with Gasteiger partial charge in [0.15, 0.2) is 0 Å². The highest BCUT2D eigenvalue weighted by Crippen LogP contribution is 2.24. The molecular formula is C17H21N5O2S. The standard InChI is InChI=1S/C17H21N5O2S/c1-11(2)15-20-21-16(25-15)19-14(23)13-9-6-10-22(13)17(24)18-12-7-4-3-5-8-12/h3-5,7-8,11,13H,6,9-10H2,1-2H3,(H,18,24)(H,19,21,23)/t13-/m0/s1. The van der Waals surface area contributed by atoms with Gasteiger partial charge < -0.3 is 10.2 Å². The molecule has 1 aliphatic rings. The van der Waals surface area contributed by atoms with Crippen molar-refractivity contribution in [3.63, 3.8) is 0 Å². The van der Waals surface area contributed by atoms with Crippen molar-refractivity contribution >= 4 is 34.1 Å². The number of hydrogen-bond acceptors (Lipinski definition) is 5. The highest BCUT2D eigenvalue weighted by Gasteiger charge is 2.34. The third-order valence-corrected chi connectivity index (χ3v) is 5.15. The number of para-hydroxylation sites is 1. The normalized spacial score (nSPS) is 16.9. The van der Waals surface area contributed by atoms with E-state index in [4.69, 9.17) is 0 Å². The second-order valence-electron chi connectivity index (χ2n) is 6.24. The fraction of sp³-hybridized carbons (Fsp3) is 0.412. The van der Waals surface area contributed by atoms with Crippen LogP contribution in [0.2, 0.25) is 0 Å². The first-order valence-electron chi connectivity index (χ1n) is 8.31. The molecule has 0 unspecified atom stereocenters. The van der Waals surface area contributed by atoms with Crippen LogP contribution in [0.1, 0.15) is 37.6 Å². The van der Waals surface area contributed by atoms with Crippen LogP contribution in [0.15, 0.2) is 30.3 Å². The van der Waals surface area contributed by atoms with Gasteiger partial charge in [0.05, 0.1) is 0 Å². The smallest absolute Gasteiger partial charge is 0.312 e. The van der Waals surface area contributed by atoms with E-state index in [-0.39, 0.29) is 17.9 Å². The third kappa shape index (κ3) is 4.14. The van der Waals surface area contributed by atoms with Crippen molar-refractivity contribution in [2.45, 2.75) is 38.6 Å². The van der Waals surface area contributed by atoms with Gasteiger partial charge in [-0.2, -0.15) is 0 Å². The van der Waals surface area contributed by atoms with Crippen LogP contribution in [0, 0.1) is 0 Å². The molecule has 2 aromatic rings. The number of amides is 3. The lowest BCUT2D eigenvalue weighted by atomic mass is 10.2. The first kappa shape index (κ1) is 17.3. The minimum atomic E-state index is -0.491. The van der Waals surface area contributed by atoms with E-state index in [9.17, 15) is 9.59 Å². The van der Waals surface area contributed by atoms with E-state index in [1.807, 2.05) is 44.2 Å². The Morgan fingerprint density at radius 3 is 2.64 bits per heavy atom. The lowest BCUT2D eigenvalue weighted by molar-refractivity contribution is -0.119. The Hall–Kier alpha value is -2.48. The number of rotatable bonds is 4. The van der Waals surface area contributed by atoms with Gasteiger partial charge in [-0.05, 0) is 25.0 Å². The number of nitrogens with one attached hydrogen (secondary N) is 2. The van der Waals surface area contributed by atoms with E-state index < -0.39 is 6.04 Å². The molecule has 7 nitrogen and oxygen atoms in total. The molecule has 2 heterocycles. The van der Waals surface area contributed by atoms with E-state index in [2.05, 4.69) is 20.8 Å². The molecule has 1 atom stereocenters. The molecule has 0 bridgehead atoms. The summed E-state index contributed by atoms with van der Waals surface area (Å²) in [5.41, 5.74) is 0.712. The van der Waals surface area contributed by atoms with Gasteiger partial charge in [0, 0.05) is 18.2 Å². The summed E-state index contributed by atoms with van der Waals surface area (Å²) in [5, 5.41) is 15.0. The van der Waals surface area contributed by atoms with Crippen LogP contribution >= 0.6 is 11.3 Å². The fourth-order valence-electron chi connectivity index (χ4n) is 2.71. The molecule has 1 fully saturated rings. The quantitative estimate of drug-likeness (QED) is 0.877. The van der Waals surface area contributed by atoms with Crippen LogP contribution in [0.3, 0.4) is 0 Å². The molecule has 1 aliphatic heterocycles. The first-order valence-corrected chi connectivity index (χ1v) is 9.13. The van der Waals surface area contributed by atoms with Gasteiger partial charge in [-0.15, -0.1) is 10.2 Å². The zero-order chi connectivity index (χ0) is 17.8. The number of benzene rings is 1. The summed E-state index contributed by atoms with van der Waals surface area (Å²) in [4.78, 5) is 26.6. The fourth-order valence-corrected chi connectivity index (χ4v) is 3.45. The highest BCUT2D eigenvalue weighted by atomic mass is 32.1. The van der Waals surface area contributed by atoms with E-state index in [1.165, 1.54) is 11.3 Å². The Morgan fingerprint density at radius 1 is 1.20 bits per heavy atom. The zero-order valence-electron chi connectivity index (χ0n) is 14.2. The molecule has 1 saturated heterocycles. The maximum absolute atomic E-state index is 12.6. The Morgan fingerprint density at radius 2 is 1.96 bits per heavy atom. The Kier molecular flexibility index (Phi) is 5.28. The topological polar surface area (TPSA) is 87.2 Å². The summed E-state index contributed by atoms with van der Waals surface area (Å²) in [5.74, 6) is 0.0509. The van der Waals surface area contributed by atoms with E-state index in [0.29, 0.717) is 23.8 Å². The van der Waals surface area contributed by atoms with Crippen LogP contribution in [0.25, 0.3) is 0 Å². The maximum Gasteiger partial charge on any atom is 0.322 e. The van der Waals surface area contributed by atoms with Crippen LogP contribution in [0.4, 0.5) is 15.6 Å². The van der Waals surface area contributed by atoms with E-state index in [1.54, 1.807) is 4.90 Å². The largest absolute Gasteiger partial charge is 0.322 e. The molecule has 3 amide bonds. The lowest BCUT2D eigenvalue weighted by Gasteiger charge is -2.23. The predicted molar refractivity (Wildman–Crippen MR) is 97.8 cm³/mol. The first-order chi connectivity index (χ1) is 12.0. The van der Waals surface area contributed by atoms with Crippen molar-refractivity contribution in [3.05, 3.63) is 35.3 Å². The molecular weight excluding hydrogens is 338 g/mol. The lowest BCUT2D eigenvalue weighted by Crippen LogP contribution is -2.45. The molecule has 8 heteroatoms. The summed E-state index contributed by atoms with van der Waals surface area (Å²) in [6.07, 6.45) is 1.44. The molecule has 1 aromatic heterocycles. The molecule has 2 N–H and O–H groups in total. The molecule has 0 radical (unpaired) electrons. The van der Waals surface area contributed by atoms with E-state index in [0.717, 1.165) is 11.4 Å². The zero-order valence-corrected chi connectivity index (χ0v) is 15.0. The van der Waals surface area contributed by atoms with Gasteiger partial charge in [-0.25, -0.2) is 4.79 Å². The third-order valence-electron chi connectivity index (χ3n) is 4.01. The number of anilines is 2. The second-order valence-corrected chi connectivity index (χ2v) is 7.25. The number of carbonyl (C=O) groups is 2. The SMILES string of the molecule is CC(C)c1nnc(NC(=O)[C@@H]2CCCN2C(=O)Nc2ccccc2)s1. The number of urea groups is 1. The van der Waals surface area contributed by atoms with Crippen LogP contribution < -0.4 is 10.6 Å². The molecule has 0 aliphatic carbocycles. The highest BCUT2D eigenvalue weighted by molar-refractivity contribution is 7.15. The molecule has 25 heavy (non-hydrogen) atoms. The molecule has 1 aromatic carbocycles. The Labute approximate surface area is 150 Å². The summed E-state index contributed by atoms with van der Waals surface area (Å²) >= 11 is 1.37. The summed E-state index contributed by atoms with van der Waals surface area (Å²) < 4.78 is 0. The number of hydrogen-bond donors (Lipinski definition) is 2. The second kappa shape index (κ2) is 7.60.